The second-order valence-electron chi connectivity index (χ2n) is 10.8. The lowest BCUT2D eigenvalue weighted by molar-refractivity contribution is 0.0521. The second kappa shape index (κ2) is 15.0. The fraction of sp³-hybridized carbons (Fsp3) is 0.184. The van der Waals surface area contributed by atoms with E-state index in [9.17, 15) is 4.79 Å². The Hall–Kier alpha value is -6.03. The van der Waals surface area contributed by atoms with Gasteiger partial charge in [0.25, 0.3) is 0 Å². The summed E-state index contributed by atoms with van der Waals surface area (Å²) in [7, 11) is 1.57. The molecule has 4 aromatic carbocycles. The Balaban J connectivity index is 1.11. The number of benzene rings is 4. The van der Waals surface area contributed by atoms with Gasteiger partial charge >= 0.3 is 5.97 Å². The quantitative estimate of drug-likeness (QED) is 0.109. The summed E-state index contributed by atoms with van der Waals surface area (Å²) >= 11 is 0. The predicted octanol–water partition coefficient (Wildman–Crippen LogP) is 8.03. The summed E-state index contributed by atoms with van der Waals surface area (Å²) in [6.07, 6.45) is 1.63. The molecule has 0 saturated carbocycles. The van der Waals surface area contributed by atoms with Gasteiger partial charge < -0.3 is 28.1 Å². The van der Waals surface area contributed by atoms with E-state index in [0.29, 0.717) is 35.4 Å². The molecule has 0 radical (unpaired) electrons. The first kappa shape index (κ1) is 31.9. The molecule has 244 valence electrons. The minimum atomic E-state index is -0.509. The summed E-state index contributed by atoms with van der Waals surface area (Å²) in [5.41, 5.74) is 3.60. The maximum absolute atomic E-state index is 12.8. The number of ether oxygens (including phenoxy) is 5. The maximum Gasteiger partial charge on any atom is 0.345 e. The lowest BCUT2D eigenvalue weighted by Crippen LogP contribution is -2.07. The number of nitrogens with zero attached hydrogens (tertiary/aromatic N) is 3. The van der Waals surface area contributed by atoms with Crippen molar-refractivity contribution >= 4 is 5.97 Å². The highest BCUT2D eigenvalue weighted by atomic mass is 16.5. The topological polar surface area (TPSA) is 107 Å². The van der Waals surface area contributed by atoms with E-state index in [1.165, 1.54) is 0 Å². The smallest absolute Gasteiger partial charge is 0.345 e. The average Bonchev–Trinajstić information content (AvgIpc) is 3.71. The van der Waals surface area contributed by atoms with Gasteiger partial charge in [-0.05, 0) is 73.5 Å². The van der Waals surface area contributed by atoms with Crippen LogP contribution in [0.2, 0.25) is 0 Å². The van der Waals surface area contributed by atoms with Gasteiger partial charge in [0.2, 0.25) is 11.8 Å². The Morgan fingerprint density at radius 2 is 1.52 bits per heavy atom. The van der Waals surface area contributed by atoms with Gasteiger partial charge in [-0.15, -0.1) is 5.10 Å². The number of esters is 1. The molecule has 0 aliphatic heterocycles. The first-order chi connectivity index (χ1) is 23.5. The van der Waals surface area contributed by atoms with E-state index in [4.69, 9.17) is 28.1 Å². The highest BCUT2D eigenvalue weighted by Gasteiger charge is 2.20. The molecule has 10 nitrogen and oxygen atoms in total. The number of oxazole rings is 1. The number of methoxy groups -OCH3 is 1. The minimum absolute atomic E-state index is 0.133. The zero-order chi connectivity index (χ0) is 33.3. The maximum atomic E-state index is 12.8. The van der Waals surface area contributed by atoms with Crippen molar-refractivity contribution in [2.24, 2.45) is 0 Å². The highest BCUT2D eigenvalue weighted by molar-refractivity contribution is 5.91. The molecule has 0 aliphatic rings. The molecule has 2 heterocycles. The van der Waals surface area contributed by atoms with E-state index in [1.807, 2.05) is 104 Å². The van der Waals surface area contributed by atoms with Crippen molar-refractivity contribution in [3.63, 3.8) is 0 Å². The molecule has 6 rings (SSSR count). The monoisotopic (exact) mass is 645 g/mol. The van der Waals surface area contributed by atoms with E-state index >= 15 is 0 Å². The molecule has 0 unspecified atom stereocenters. The molecular weight excluding hydrogens is 610 g/mol. The van der Waals surface area contributed by atoms with Gasteiger partial charge in [-0.2, -0.15) is 0 Å². The fourth-order valence-electron chi connectivity index (χ4n) is 4.90. The van der Waals surface area contributed by atoms with Crippen molar-refractivity contribution in [2.45, 2.75) is 33.6 Å². The molecule has 0 N–H and O–H groups in total. The first-order valence-electron chi connectivity index (χ1n) is 15.5. The summed E-state index contributed by atoms with van der Waals surface area (Å²) in [5.74, 6) is 3.44. The van der Waals surface area contributed by atoms with E-state index < -0.39 is 5.97 Å². The van der Waals surface area contributed by atoms with Gasteiger partial charge in [-0.3, -0.25) is 4.68 Å². The number of para-hydroxylation sites is 1. The molecule has 0 amide bonds. The number of carbonyl (C=O) groups excluding carboxylic acids is 1. The van der Waals surface area contributed by atoms with Gasteiger partial charge in [0, 0.05) is 11.8 Å². The third-order valence-electron chi connectivity index (χ3n) is 7.35. The molecule has 0 bridgehead atoms. The summed E-state index contributed by atoms with van der Waals surface area (Å²) in [4.78, 5) is 17.4. The second-order valence-corrected chi connectivity index (χ2v) is 10.8. The van der Waals surface area contributed by atoms with Gasteiger partial charge in [0.1, 0.15) is 41.7 Å². The van der Waals surface area contributed by atoms with E-state index in [2.05, 4.69) is 10.1 Å². The Labute approximate surface area is 278 Å². The van der Waals surface area contributed by atoms with E-state index in [1.54, 1.807) is 31.0 Å². The molecule has 0 spiro atoms. The lowest BCUT2D eigenvalue weighted by Gasteiger charge is -2.12. The van der Waals surface area contributed by atoms with Crippen molar-refractivity contribution in [2.75, 3.05) is 13.7 Å². The van der Waals surface area contributed by atoms with Crippen LogP contribution in [-0.4, -0.2) is 34.5 Å². The van der Waals surface area contributed by atoms with Crippen molar-refractivity contribution in [1.29, 1.82) is 0 Å². The summed E-state index contributed by atoms with van der Waals surface area (Å²) in [6, 6.07) is 32.5. The van der Waals surface area contributed by atoms with E-state index in [0.717, 1.165) is 28.2 Å². The van der Waals surface area contributed by atoms with E-state index in [-0.39, 0.29) is 31.3 Å². The molecule has 0 fully saturated rings. The Morgan fingerprint density at radius 3 is 2.25 bits per heavy atom. The number of aromatic nitrogens is 3. The third-order valence-corrected chi connectivity index (χ3v) is 7.35. The largest absolute Gasteiger partial charge is 0.493 e. The molecule has 6 aromatic rings. The molecular formula is C38H35N3O7. The minimum Gasteiger partial charge on any atom is -0.493 e. The SMILES string of the molecule is CCOC(=O)c1cn(Cc2ccc(Oc3ccccc3)cc2)nc1OCc1ccc(OCc2nc(-c3ccccc3)oc2C)c(OC)c1. The Morgan fingerprint density at radius 1 is 0.812 bits per heavy atom. The summed E-state index contributed by atoms with van der Waals surface area (Å²) in [5, 5.41) is 4.56. The summed E-state index contributed by atoms with van der Waals surface area (Å²) < 4.78 is 36.4. The number of rotatable bonds is 14. The van der Waals surface area contributed by atoms with Gasteiger partial charge in [-0.25, -0.2) is 9.78 Å². The lowest BCUT2D eigenvalue weighted by atomic mass is 10.2. The van der Waals surface area contributed by atoms with Gasteiger partial charge in [0.15, 0.2) is 11.5 Å². The normalized spacial score (nSPS) is 10.8. The van der Waals surface area contributed by atoms with Crippen LogP contribution in [0.25, 0.3) is 11.5 Å². The molecule has 0 atom stereocenters. The third kappa shape index (κ3) is 7.84. The summed E-state index contributed by atoms with van der Waals surface area (Å²) in [6.45, 7) is 4.60. The number of hydrogen-bond acceptors (Lipinski definition) is 9. The van der Waals surface area contributed by atoms with Crippen LogP contribution in [0.1, 0.15) is 39.9 Å². The molecule has 10 heteroatoms. The molecule has 0 aliphatic carbocycles. The zero-order valence-electron chi connectivity index (χ0n) is 26.9. The van der Waals surface area contributed by atoms with Crippen LogP contribution in [0.3, 0.4) is 0 Å². The van der Waals surface area contributed by atoms with Crippen LogP contribution in [-0.2, 0) is 24.5 Å². The van der Waals surface area contributed by atoms with Crippen molar-refractivity contribution < 1.29 is 32.9 Å². The van der Waals surface area contributed by atoms with Crippen LogP contribution in [0.5, 0.6) is 28.9 Å². The Kier molecular flexibility index (Phi) is 10.0. The van der Waals surface area contributed by atoms with Gasteiger partial charge in [0.05, 0.1) is 20.3 Å². The molecule has 48 heavy (non-hydrogen) atoms. The highest BCUT2D eigenvalue weighted by Crippen LogP contribution is 2.31. The van der Waals surface area contributed by atoms with Crippen LogP contribution >= 0.6 is 0 Å². The number of aryl methyl sites for hydroxylation is 1. The zero-order valence-corrected chi connectivity index (χ0v) is 26.9. The molecule has 2 aromatic heterocycles. The van der Waals surface area contributed by atoms with Gasteiger partial charge in [-0.1, -0.05) is 54.6 Å². The standard InChI is InChI=1S/C38H35N3O7/c1-4-44-38(42)32-23-41(22-27-15-18-31(19-16-27)48-30-13-9-6-10-14-30)40-37(32)46-24-28-17-20-34(35(21-28)43-3)45-25-33-26(2)47-36(39-33)29-11-7-5-8-12-29/h5-21,23H,4,22,24-25H2,1-3H3. The van der Waals surface area contributed by atoms with Crippen molar-refractivity contribution in [3.8, 4) is 40.3 Å². The number of carbonyl (C=O) groups is 1. The van der Waals surface area contributed by atoms with Crippen LogP contribution < -0.4 is 18.9 Å². The number of hydrogen-bond donors (Lipinski definition) is 0. The van der Waals surface area contributed by atoms with Crippen molar-refractivity contribution in [3.05, 3.63) is 137 Å². The predicted molar refractivity (Wildman–Crippen MR) is 179 cm³/mol. The Bertz CT molecular complexity index is 1950. The molecule has 0 saturated heterocycles. The fourth-order valence-corrected chi connectivity index (χ4v) is 4.90. The van der Waals surface area contributed by atoms with Crippen LogP contribution in [0, 0.1) is 6.92 Å². The average molecular weight is 646 g/mol. The van der Waals surface area contributed by atoms with Crippen molar-refractivity contribution in [1.82, 2.24) is 14.8 Å². The first-order valence-corrected chi connectivity index (χ1v) is 15.5. The van der Waals surface area contributed by atoms with Crippen LogP contribution in [0.15, 0.2) is 114 Å². The van der Waals surface area contributed by atoms with Crippen LogP contribution in [0.4, 0.5) is 0 Å².